The highest BCUT2D eigenvalue weighted by Gasteiger charge is 2.52. The predicted molar refractivity (Wildman–Crippen MR) is 224 cm³/mol. The summed E-state index contributed by atoms with van der Waals surface area (Å²) in [4.78, 5) is 90.7. The predicted octanol–water partition coefficient (Wildman–Crippen LogP) is 1.60. The van der Waals surface area contributed by atoms with Gasteiger partial charge in [-0.05, 0) is 72.9 Å². The minimum Gasteiger partial charge on any atom is -0.379 e. The maximum absolute atomic E-state index is 13.5. The van der Waals surface area contributed by atoms with E-state index >= 15 is 0 Å². The van der Waals surface area contributed by atoms with Crippen LogP contribution in [0.3, 0.4) is 0 Å². The van der Waals surface area contributed by atoms with Crippen LogP contribution in [0.4, 0.5) is 14.5 Å². The molecular weight excluding hydrogens is 857 g/mol. The van der Waals surface area contributed by atoms with Crippen molar-refractivity contribution >= 4 is 47.0 Å². The highest BCUT2D eigenvalue weighted by atomic mass is 19.1. The first-order valence-corrected chi connectivity index (χ1v) is 21.3. The molecular formula is C45H51F2N5O13. The number of carbonyl (C=O) groups is 7. The first kappa shape index (κ1) is 48.4. The van der Waals surface area contributed by atoms with E-state index in [1.54, 1.807) is 18.2 Å². The zero-order chi connectivity index (χ0) is 46.3. The average Bonchev–Trinajstić information content (AvgIpc) is 3.73. The Labute approximate surface area is 372 Å². The number of amides is 7. The largest absolute Gasteiger partial charge is 0.379 e. The number of aliphatic hydroxyl groups is 1. The number of benzene rings is 3. The van der Waals surface area contributed by atoms with Gasteiger partial charge in [-0.3, -0.25) is 43.8 Å². The number of imide groups is 2. The van der Waals surface area contributed by atoms with Gasteiger partial charge in [0.1, 0.15) is 17.7 Å². The molecule has 3 heterocycles. The Morgan fingerprint density at radius 2 is 1.38 bits per heavy atom. The number of aryl methyl sites for hydroxylation is 1. The van der Waals surface area contributed by atoms with E-state index in [2.05, 4.69) is 16.0 Å². The third kappa shape index (κ3) is 12.6. The van der Waals surface area contributed by atoms with Crippen LogP contribution in [-0.2, 0) is 55.8 Å². The summed E-state index contributed by atoms with van der Waals surface area (Å²) in [5.74, 6) is -5.99. The second-order valence-corrected chi connectivity index (χ2v) is 15.3. The smallest absolute Gasteiger partial charge is 0.268 e. The van der Waals surface area contributed by atoms with Crippen molar-refractivity contribution in [2.24, 2.45) is 0 Å². The van der Waals surface area contributed by atoms with Gasteiger partial charge < -0.3 is 44.3 Å². The van der Waals surface area contributed by atoms with Crippen LogP contribution in [0.5, 0.6) is 0 Å². The standard InChI is InChI=1S/C45H51F2N5O13/c46-32-25-29(26-33(47)27-32)28-49-43(58)45(60)12-14-51(44(45)59)34-8-6-31(7-9-34)39(54)48-13-16-62-18-20-64-22-24-65-23-21-63-19-17-61-15-2-4-30-3-1-5-35-38(30)42(57)52(41(35)56)36-10-11-37(53)50-40(36)55/h1,3,5-9,25-27,36,60H,2,4,10-24,28H2,(H,48,54)(H,49,58)(H,50,53,55). The maximum Gasteiger partial charge on any atom is 0.268 e. The highest BCUT2D eigenvalue weighted by molar-refractivity contribution is 6.24. The van der Waals surface area contributed by atoms with Gasteiger partial charge in [-0.25, -0.2) is 8.78 Å². The maximum atomic E-state index is 13.5. The van der Waals surface area contributed by atoms with Crippen molar-refractivity contribution < 1.29 is 71.1 Å². The van der Waals surface area contributed by atoms with Crippen LogP contribution < -0.4 is 20.9 Å². The molecule has 4 N–H and O–H groups in total. The molecule has 6 rings (SSSR count). The Balaban J connectivity index is 0.734. The van der Waals surface area contributed by atoms with E-state index in [9.17, 15) is 47.4 Å². The Bertz CT molecular complexity index is 2210. The number of hydrogen-bond donors (Lipinski definition) is 4. The number of rotatable bonds is 25. The van der Waals surface area contributed by atoms with E-state index in [1.807, 2.05) is 0 Å². The summed E-state index contributed by atoms with van der Waals surface area (Å²) in [6.07, 6.45) is 1.05. The van der Waals surface area contributed by atoms with Gasteiger partial charge in [-0.15, -0.1) is 0 Å². The lowest BCUT2D eigenvalue weighted by atomic mass is 9.99. The lowest BCUT2D eigenvalue weighted by Gasteiger charge is -2.27. The Hall–Kier alpha value is -6.03. The van der Waals surface area contributed by atoms with Gasteiger partial charge in [0.05, 0.1) is 70.6 Å². The lowest BCUT2D eigenvalue weighted by molar-refractivity contribution is -0.149. The first-order chi connectivity index (χ1) is 31.4. The summed E-state index contributed by atoms with van der Waals surface area (Å²) in [7, 11) is 0. The van der Waals surface area contributed by atoms with E-state index in [4.69, 9.17) is 23.7 Å². The van der Waals surface area contributed by atoms with Gasteiger partial charge in [-0.1, -0.05) is 12.1 Å². The quantitative estimate of drug-likeness (QED) is 0.0539. The fourth-order valence-electron chi connectivity index (χ4n) is 7.48. The molecule has 0 bridgehead atoms. The molecule has 2 fully saturated rings. The molecule has 0 saturated carbocycles. The summed E-state index contributed by atoms with van der Waals surface area (Å²) < 4.78 is 54.6. The lowest BCUT2D eigenvalue weighted by Crippen LogP contribution is -2.54. The second-order valence-electron chi connectivity index (χ2n) is 15.3. The third-order valence-corrected chi connectivity index (χ3v) is 10.8. The fraction of sp³-hybridized carbons (Fsp3) is 0.444. The van der Waals surface area contributed by atoms with Crippen LogP contribution in [0.1, 0.15) is 67.9 Å². The molecule has 3 aliphatic rings. The van der Waals surface area contributed by atoms with Gasteiger partial charge in [0.2, 0.25) is 17.4 Å². The average molecular weight is 908 g/mol. The minimum atomic E-state index is -2.36. The number of anilines is 1. The van der Waals surface area contributed by atoms with E-state index < -0.39 is 58.7 Å². The zero-order valence-electron chi connectivity index (χ0n) is 35.6. The number of piperidine rings is 1. The molecule has 3 aromatic rings. The first-order valence-electron chi connectivity index (χ1n) is 21.3. The molecule has 2 unspecified atom stereocenters. The van der Waals surface area contributed by atoms with E-state index in [0.717, 1.165) is 17.0 Å². The minimum absolute atomic E-state index is 0.0319. The molecule has 65 heavy (non-hydrogen) atoms. The summed E-state index contributed by atoms with van der Waals surface area (Å²) >= 11 is 0. The van der Waals surface area contributed by atoms with Gasteiger partial charge >= 0.3 is 0 Å². The summed E-state index contributed by atoms with van der Waals surface area (Å²) in [6, 6.07) is 12.9. The van der Waals surface area contributed by atoms with Crippen molar-refractivity contribution in [1.82, 2.24) is 20.9 Å². The van der Waals surface area contributed by atoms with Crippen LogP contribution in [0.25, 0.3) is 0 Å². The molecule has 3 aromatic carbocycles. The van der Waals surface area contributed by atoms with Crippen molar-refractivity contribution in [3.8, 4) is 0 Å². The number of halogens is 2. The SMILES string of the molecule is O=C1CCC(N2C(=O)c3cccc(CCCOCCOCCOCCOCCOCCNC(=O)c4ccc(N5CCC(O)(C(=O)NCc6cc(F)cc(F)c6)C5=O)cc4)c3C2=O)C(=O)N1. The van der Waals surface area contributed by atoms with Crippen LogP contribution in [0, 0.1) is 11.6 Å². The fourth-order valence-corrected chi connectivity index (χ4v) is 7.48. The van der Waals surface area contributed by atoms with E-state index in [0.29, 0.717) is 101 Å². The number of carbonyl (C=O) groups excluding carboxylic acids is 7. The molecule has 20 heteroatoms. The number of nitrogens with zero attached hydrogens (tertiary/aromatic N) is 2. The monoisotopic (exact) mass is 907 g/mol. The van der Waals surface area contributed by atoms with E-state index in [1.165, 1.54) is 29.2 Å². The molecule has 18 nitrogen and oxygen atoms in total. The van der Waals surface area contributed by atoms with Crippen LogP contribution >= 0.6 is 0 Å². The number of fused-ring (bicyclic) bond motifs is 1. The summed E-state index contributed by atoms with van der Waals surface area (Å²) in [5.41, 5.74) is -0.298. The number of ether oxygens (including phenoxy) is 5. The van der Waals surface area contributed by atoms with Crippen molar-refractivity contribution in [3.63, 3.8) is 0 Å². The molecule has 2 atom stereocenters. The van der Waals surface area contributed by atoms with Gasteiger partial charge in [0.15, 0.2) is 0 Å². The Morgan fingerprint density at radius 1 is 0.769 bits per heavy atom. The van der Waals surface area contributed by atoms with Gasteiger partial charge in [0, 0.05) is 56.4 Å². The van der Waals surface area contributed by atoms with Gasteiger partial charge in [0.25, 0.3) is 29.5 Å². The molecule has 0 aliphatic carbocycles. The normalized spacial score (nSPS) is 18.3. The van der Waals surface area contributed by atoms with Crippen LogP contribution in [0.2, 0.25) is 0 Å². The molecule has 348 valence electrons. The molecule has 0 radical (unpaired) electrons. The Kier molecular flexibility index (Phi) is 17.3. The molecule has 0 spiro atoms. The highest BCUT2D eigenvalue weighted by Crippen LogP contribution is 2.31. The van der Waals surface area contributed by atoms with Gasteiger partial charge in [-0.2, -0.15) is 0 Å². The van der Waals surface area contributed by atoms with E-state index in [-0.39, 0.29) is 62.5 Å². The number of hydrogen-bond acceptors (Lipinski definition) is 13. The third-order valence-electron chi connectivity index (χ3n) is 10.8. The van der Waals surface area contributed by atoms with Crippen molar-refractivity contribution in [3.05, 3.63) is 100 Å². The van der Waals surface area contributed by atoms with Crippen molar-refractivity contribution in [2.75, 3.05) is 84.1 Å². The Morgan fingerprint density at radius 3 is 2.02 bits per heavy atom. The summed E-state index contributed by atoms with van der Waals surface area (Å²) in [6.45, 7) is 3.45. The van der Waals surface area contributed by atoms with Crippen molar-refractivity contribution in [1.29, 1.82) is 0 Å². The van der Waals surface area contributed by atoms with Crippen LogP contribution in [-0.4, -0.2) is 142 Å². The molecule has 2 saturated heterocycles. The van der Waals surface area contributed by atoms with Crippen LogP contribution in [0.15, 0.2) is 60.7 Å². The molecule has 7 amide bonds. The topological polar surface area (TPSA) is 228 Å². The van der Waals surface area contributed by atoms with Crippen molar-refractivity contribution in [2.45, 2.75) is 50.3 Å². The zero-order valence-corrected chi connectivity index (χ0v) is 35.6. The molecule has 3 aliphatic heterocycles. The summed E-state index contributed by atoms with van der Waals surface area (Å²) in [5, 5.41) is 18.2. The number of nitrogens with one attached hydrogen (secondary N) is 3. The molecule has 0 aromatic heterocycles. The second kappa shape index (κ2) is 23.2.